The summed E-state index contributed by atoms with van der Waals surface area (Å²) in [6.45, 7) is 7.47. The number of benzene rings is 1. The first-order valence-corrected chi connectivity index (χ1v) is 6.96. The van der Waals surface area contributed by atoms with Crippen LogP contribution in [0.4, 0.5) is 5.69 Å². The lowest BCUT2D eigenvalue weighted by molar-refractivity contribution is 0.169. The number of hydrogen-bond donors (Lipinski definition) is 1. The summed E-state index contributed by atoms with van der Waals surface area (Å²) in [6, 6.07) is 10.6. The van der Waals surface area contributed by atoms with Gasteiger partial charge in [0.1, 0.15) is 0 Å². The maximum absolute atomic E-state index is 9.25. The fourth-order valence-corrected chi connectivity index (χ4v) is 2.48. The molecule has 0 aliphatic carbocycles. The number of anilines is 1. The third-order valence-electron chi connectivity index (χ3n) is 3.59. The van der Waals surface area contributed by atoms with Crippen molar-refractivity contribution in [3.63, 3.8) is 0 Å². The number of piperazine rings is 1. The Labute approximate surface area is 110 Å². The highest BCUT2D eigenvalue weighted by Gasteiger charge is 2.16. The van der Waals surface area contributed by atoms with Gasteiger partial charge >= 0.3 is 0 Å². The molecule has 1 aromatic carbocycles. The van der Waals surface area contributed by atoms with Crippen LogP contribution in [-0.2, 0) is 0 Å². The molecule has 1 fully saturated rings. The summed E-state index contributed by atoms with van der Waals surface area (Å²) in [5.74, 6) is 0. The van der Waals surface area contributed by atoms with Crippen LogP contribution < -0.4 is 4.90 Å². The van der Waals surface area contributed by atoms with Crippen LogP contribution in [0.25, 0.3) is 0 Å². The number of rotatable bonds is 5. The summed E-state index contributed by atoms with van der Waals surface area (Å²) in [5.41, 5.74) is 1.33. The van der Waals surface area contributed by atoms with E-state index in [1.807, 2.05) is 6.92 Å². The van der Waals surface area contributed by atoms with Gasteiger partial charge in [0.05, 0.1) is 6.10 Å². The van der Waals surface area contributed by atoms with Gasteiger partial charge in [-0.1, -0.05) is 18.2 Å². The Morgan fingerprint density at radius 3 is 2.39 bits per heavy atom. The van der Waals surface area contributed by atoms with Crippen molar-refractivity contribution in [3.05, 3.63) is 30.3 Å². The minimum Gasteiger partial charge on any atom is -0.393 e. The Balaban J connectivity index is 1.71. The SMILES string of the molecule is CC(O)CCCN1CCN(c2ccccc2)CC1. The van der Waals surface area contributed by atoms with Gasteiger partial charge in [-0.15, -0.1) is 0 Å². The molecule has 2 rings (SSSR count). The van der Waals surface area contributed by atoms with E-state index in [-0.39, 0.29) is 6.10 Å². The Kier molecular flexibility index (Phi) is 5.02. The summed E-state index contributed by atoms with van der Waals surface area (Å²) in [7, 11) is 0. The van der Waals surface area contributed by atoms with Crippen molar-refractivity contribution in [1.82, 2.24) is 4.90 Å². The van der Waals surface area contributed by atoms with Crippen molar-refractivity contribution in [3.8, 4) is 0 Å². The molecule has 1 unspecified atom stereocenters. The van der Waals surface area contributed by atoms with Gasteiger partial charge in [0.15, 0.2) is 0 Å². The largest absolute Gasteiger partial charge is 0.393 e. The van der Waals surface area contributed by atoms with E-state index >= 15 is 0 Å². The van der Waals surface area contributed by atoms with E-state index in [1.54, 1.807) is 0 Å². The second-order valence-corrected chi connectivity index (χ2v) is 5.16. The van der Waals surface area contributed by atoms with Gasteiger partial charge < -0.3 is 10.0 Å². The van der Waals surface area contributed by atoms with Crippen LogP contribution in [0.5, 0.6) is 0 Å². The van der Waals surface area contributed by atoms with Crippen molar-refractivity contribution in [2.24, 2.45) is 0 Å². The molecule has 1 N–H and O–H groups in total. The molecule has 1 heterocycles. The van der Waals surface area contributed by atoms with Gasteiger partial charge in [0.2, 0.25) is 0 Å². The van der Waals surface area contributed by atoms with E-state index in [4.69, 9.17) is 0 Å². The molecule has 0 aromatic heterocycles. The van der Waals surface area contributed by atoms with Crippen LogP contribution in [0.1, 0.15) is 19.8 Å². The van der Waals surface area contributed by atoms with E-state index < -0.39 is 0 Å². The molecule has 0 amide bonds. The van der Waals surface area contributed by atoms with E-state index in [0.717, 1.165) is 45.6 Å². The smallest absolute Gasteiger partial charge is 0.0512 e. The van der Waals surface area contributed by atoms with Crippen LogP contribution in [0.15, 0.2) is 30.3 Å². The molecular weight excluding hydrogens is 224 g/mol. The second-order valence-electron chi connectivity index (χ2n) is 5.16. The zero-order chi connectivity index (χ0) is 12.8. The average Bonchev–Trinajstić information content (AvgIpc) is 2.40. The van der Waals surface area contributed by atoms with Gasteiger partial charge in [0.25, 0.3) is 0 Å². The second kappa shape index (κ2) is 6.76. The number of hydrogen-bond acceptors (Lipinski definition) is 3. The molecule has 0 bridgehead atoms. The first-order chi connectivity index (χ1) is 8.75. The highest BCUT2D eigenvalue weighted by Crippen LogP contribution is 2.15. The van der Waals surface area contributed by atoms with Crippen molar-refractivity contribution in [2.75, 3.05) is 37.6 Å². The van der Waals surface area contributed by atoms with Crippen molar-refractivity contribution in [1.29, 1.82) is 0 Å². The maximum Gasteiger partial charge on any atom is 0.0512 e. The molecule has 3 heteroatoms. The molecular formula is C15H24N2O. The van der Waals surface area contributed by atoms with E-state index in [1.165, 1.54) is 5.69 Å². The predicted molar refractivity (Wildman–Crippen MR) is 76.0 cm³/mol. The fourth-order valence-electron chi connectivity index (χ4n) is 2.48. The summed E-state index contributed by atoms with van der Waals surface area (Å²) < 4.78 is 0. The third-order valence-corrected chi connectivity index (χ3v) is 3.59. The molecule has 0 spiro atoms. The summed E-state index contributed by atoms with van der Waals surface area (Å²) >= 11 is 0. The quantitative estimate of drug-likeness (QED) is 0.863. The van der Waals surface area contributed by atoms with Gasteiger partial charge in [-0.25, -0.2) is 0 Å². The van der Waals surface area contributed by atoms with Crippen LogP contribution in [-0.4, -0.2) is 48.8 Å². The minimum atomic E-state index is -0.157. The number of para-hydroxylation sites is 1. The van der Waals surface area contributed by atoms with Gasteiger partial charge in [0, 0.05) is 31.9 Å². The van der Waals surface area contributed by atoms with Crippen molar-refractivity contribution >= 4 is 5.69 Å². The molecule has 1 aliphatic heterocycles. The standard InChI is InChI=1S/C15H24N2O/c1-14(18)6-5-9-16-10-12-17(13-11-16)15-7-3-2-4-8-15/h2-4,7-8,14,18H,5-6,9-13H2,1H3. The molecule has 1 aromatic rings. The van der Waals surface area contributed by atoms with E-state index in [2.05, 4.69) is 40.1 Å². The lowest BCUT2D eigenvalue weighted by atomic mass is 10.2. The zero-order valence-electron chi connectivity index (χ0n) is 11.3. The molecule has 100 valence electrons. The topological polar surface area (TPSA) is 26.7 Å². The molecule has 18 heavy (non-hydrogen) atoms. The van der Waals surface area contributed by atoms with Crippen molar-refractivity contribution < 1.29 is 5.11 Å². The Morgan fingerprint density at radius 1 is 1.11 bits per heavy atom. The average molecular weight is 248 g/mol. The number of aliphatic hydroxyl groups excluding tert-OH is 1. The van der Waals surface area contributed by atoms with Gasteiger partial charge in [-0.3, -0.25) is 4.90 Å². The van der Waals surface area contributed by atoms with E-state index in [9.17, 15) is 5.11 Å². The van der Waals surface area contributed by atoms with E-state index in [0.29, 0.717) is 0 Å². The van der Waals surface area contributed by atoms with Crippen LogP contribution >= 0.6 is 0 Å². The minimum absolute atomic E-state index is 0.157. The first-order valence-electron chi connectivity index (χ1n) is 6.96. The van der Waals surface area contributed by atoms with Crippen LogP contribution in [0.3, 0.4) is 0 Å². The first kappa shape index (κ1) is 13.4. The monoisotopic (exact) mass is 248 g/mol. The lowest BCUT2D eigenvalue weighted by Gasteiger charge is -2.36. The van der Waals surface area contributed by atoms with Crippen LogP contribution in [0, 0.1) is 0 Å². The van der Waals surface area contributed by atoms with Crippen LogP contribution in [0.2, 0.25) is 0 Å². The summed E-state index contributed by atoms with van der Waals surface area (Å²) in [5, 5.41) is 9.25. The Hall–Kier alpha value is -1.06. The maximum atomic E-state index is 9.25. The molecule has 0 radical (unpaired) electrons. The Morgan fingerprint density at radius 2 is 1.78 bits per heavy atom. The highest BCUT2D eigenvalue weighted by molar-refractivity contribution is 5.46. The molecule has 1 aliphatic rings. The zero-order valence-corrected chi connectivity index (χ0v) is 11.3. The van der Waals surface area contributed by atoms with Gasteiger partial charge in [-0.2, -0.15) is 0 Å². The summed E-state index contributed by atoms with van der Waals surface area (Å²) in [6.07, 6.45) is 1.86. The summed E-state index contributed by atoms with van der Waals surface area (Å²) in [4.78, 5) is 4.95. The fraction of sp³-hybridized carbons (Fsp3) is 0.600. The highest BCUT2D eigenvalue weighted by atomic mass is 16.3. The lowest BCUT2D eigenvalue weighted by Crippen LogP contribution is -2.46. The molecule has 3 nitrogen and oxygen atoms in total. The molecule has 0 saturated carbocycles. The number of aliphatic hydroxyl groups is 1. The third kappa shape index (κ3) is 4.00. The predicted octanol–water partition coefficient (Wildman–Crippen LogP) is 1.97. The normalized spacial score (nSPS) is 18.9. The molecule has 1 saturated heterocycles. The molecule has 1 atom stereocenters. The number of nitrogens with zero attached hydrogens (tertiary/aromatic N) is 2. The van der Waals surface area contributed by atoms with Crippen molar-refractivity contribution in [2.45, 2.75) is 25.9 Å². The Bertz CT molecular complexity index is 332. The van der Waals surface area contributed by atoms with Gasteiger partial charge in [-0.05, 0) is 38.4 Å².